The number of hydrogen-bond acceptors (Lipinski definition) is 3. The summed E-state index contributed by atoms with van der Waals surface area (Å²) in [7, 11) is 1.75. The number of pyridine rings is 1. The van der Waals surface area contributed by atoms with Gasteiger partial charge < -0.3 is 10.0 Å². The van der Waals surface area contributed by atoms with E-state index in [1.165, 1.54) is 12.8 Å². The predicted octanol–water partition coefficient (Wildman–Crippen LogP) is 5.63. The maximum absolute atomic E-state index is 11.1. The van der Waals surface area contributed by atoms with Gasteiger partial charge in [0.15, 0.2) is 0 Å². The average Bonchev–Trinajstić information content (AvgIpc) is 2.70. The van der Waals surface area contributed by atoms with E-state index in [-0.39, 0.29) is 6.54 Å². The van der Waals surface area contributed by atoms with Gasteiger partial charge in [-0.1, -0.05) is 68.3 Å². The van der Waals surface area contributed by atoms with Crippen LogP contribution in [0, 0.1) is 0 Å². The molecule has 2 aromatic carbocycles. The second kappa shape index (κ2) is 9.18. The van der Waals surface area contributed by atoms with Crippen LogP contribution in [0.15, 0.2) is 60.7 Å². The number of nitrogens with zero attached hydrogens (tertiary/aromatic N) is 2. The highest BCUT2D eigenvalue weighted by atomic mass is 16.4. The number of anilines is 1. The van der Waals surface area contributed by atoms with Gasteiger partial charge >= 0.3 is 5.97 Å². The molecule has 3 aromatic rings. The molecule has 1 N–H and O–H groups in total. The lowest BCUT2D eigenvalue weighted by Crippen LogP contribution is -2.25. The third-order valence-corrected chi connectivity index (χ3v) is 4.70. The molecular weight excluding hydrogens is 348 g/mol. The molecule has 4 nitrogen and oxygen atoms in total. The lowest BCUT2D eigenvalue weighted by atomic mass is 9.99. The van der Waals surface area contributed by atoms with Gasteiger partial charge in [-0.05, 0) is 41.3 Å². The van der Waals surface area contributed by atoms with E-state index >= 15 is 0 Å². The zero-order valence-corrected chi connectivity index (χ0v) is 16.4. The number of carbonyl (C=O) groups is 1. The van der Waals surface area contributed by atoms with Crippen LogP contribution in [0.1, 0.15) is 31.7 Å². The molecule has 0 aliphatic rings. The maximum Gasteiger partial charge on any atom is 0.323 e. The van der Waals surface area contributed by atoms with Crippen molar-refractivity contribution in [2.75, 3.05) is 18.5 Å². The summed E-state index contributed by atoms with van der Waals surface area (Å²) < 4.78 is 0. The van der Waals surface area contributed by atoms with E-state index in [0.29, 0.717) is 5.82 Å². The summed E-state index contributed by atoms with van der Waals surface area (Å²) in [6, 6.07) is 18.4. The zero-order chi connectivity index (χ0) is 19.9. The topological polar surface area (TPSA) is 53.4 Å². The van der Waals surface area contributed by atoms with Crippen LogP contribution in [-0.2, 0) is 4.79 Å². The lowest BCUT2D eigenvalue weighted by molar-refractivity contribution is -0.135. The molecule has 0 saturated carbocycles. The number of fused-ring (bicyclic) bond motifs is 1. The van der Waals surface area contributed by atoms with Crippen molar-refractivity contribution < 1.29 is 9.90 Å². The maximum atomic E-state index is 11.1. The third-order valence-electron chi connectivity index (χ3n) is 4.70. The van der Waals surface area contributed by atoms with Crippen molar-refractivity contribution in [2.45, 2.75) is 26.2 Å². The fraction of sp³-hybridized carbons (Fsp3) is 0.250. The van der Waals surface area contributed by atoms with E-state index in [1.54, 1.807) is 11.9 Å². The first-order valence-corrected chi connectivity index (χ1v) is 9.68. The van der Waals surface area contributed by atoms with Crippen molar-refractivity contribution in [2.24, 2.45) is 0 Å². The molecule has 1 heterocycles. The van der Waals surface area contributed by atoms with Crippen LogP contribution in [0.5, 0.6) is 0 Å². The van der Waals surface area contributed by atoms with E-state index in [9.17, 15) is 4.79 Å². The molecule has 0 fully saturated rings. The van der Waals surface area contributed by atoms with Crippen molar-refractivity contribution in [3.8, 4) is 11.1 Å². The Balaban J connectivity index is 2.09. The van der Waals surface area contributed by atoms with Crippen LogP contribution >= 0.6 is 0 Å². The summed E-state index contributed by atoms with van der Waals surface area (Å²) in [6.45, 7) is 2.10. The van der Waals surface area contributed by atoms with E-state index in [1.807, 2.05) is 30.3 Å². The molecule has 1 aromatic heterocycles. The minimum atomic E-state index is -0.877. The molecule has 0 bridgehead atoms. The SMILES string of the molecule is CCCC/C=C/c1ccc2nc(N(C)CC(=O)O)cc(-c3ccccc3)c2c1. The zero-order valence-electron chi connectivity index (χ0n) is 16.4. The monoisotopic (exact) mass is 374 g/mol. The number of allylic oxidation sites excluding steroid dienone is 1. The molecular formula is C24H26N2O2. The molecule has 0 atom stereocenters. The molecule has 0 unspecified atom stereocenters. The quantitative estimate of drug-likeness (QED) is 0.520. The minimum absolute atomic E-state index is 0.0923. The van der Waals surface area contributed by atoms with Gasteiger partial charge in [0.25, 0.3) is 0 Å². The molecule has 0 radical (unpaired) electrons. The molecule has 0 spiro atoms. The molecule has 4 heteroatoms. The number of carboxylic acids is 1. The molecule has 28 heavy (non-hydrogen) atoms. The van der Waals surface area contributed by atoms with Crippen LogP contribution in [0.2, 0.25) is 0 Å². The molecule has 144 valence electrons. The van der Waals surface area contributed by atoms with Crippen molar-refractivity contribution in [1.29, 1.82) is 0 Å². The van der Waals surface area contributed by atoms with E-state index < -0.39 is 5.97 Å². The normalized spacial score (nSPS) is 11.2. The fourth-order valence-electron chi connectivity index (χ4n) is 3.21. The van der Waals surface area contributed by atoms with E-state index in [4.69, 9.17) is 10.1 Å². The van der Waals surface area contributed by atoms with Gasteiger partial charge in [0.1, 0.15) is 12.4 Å². The number of carboxylic acid groups (broad SMARTS) is 1. The Morgan fingerprint density at radius 1 is 1.14 bits per heavy atom. The number of benzene rings is 2. The smallest absolute Gasteiger partial charge is 0.323 e. The van der Waals surface area contributed by atoms with Crippen molar-refractivity contribution in [3.05, 3.63) is 66.2 Å². The number of rotatable bonds is 8. The molecule has 0 saturated heterocycles. The Bertz CT molecular complexity index is 981. The number of aromatic nitrogens is 1. The summed E-state index contributed by atoms with van der Waals surface area (Å²) in [5.74, 6) is -0.224. The Morgan fingerprint density at radius 3 is 2.64 bits per heavy atom. The van der Waals surface area contributed by atoms with Gasteiger partial charge in [-0.25, -0.2) is 4.98 Å². The van der Waals surface area contributed by atoms with Gasteiger partial charge in [-0.15, -0.1) is 0 Å². The summed E-state index contributed by atoms with van der Waals surface area (Å²) in [6.07, 6.45) is 7.85. The summed E-state index contributed by atoms with van der Waals surface area (Å²) in [5, 5.41) is 10.2. The number of unbranched alkanes of at least 4 members (excludes halogenated alkanes) is 2. The Hall–Kier alpha value is -3.14. The number of likely N-dealkylation sites (N-methyl/N-ethyl adjacent to an activating group) is 1. The van der Waals surface area contributed by atoms with E-state index in [0.717, 1.165) is 34.0 Å². The molecule has 0 aliphatic carbocycles. The number of aliphatic carboxylic acids is 1. The highest BCUT2D eigenvalue weighted by molar-refractivity contribution is 5.97. The summed E-state index contributed by atoms with van der Waals surface area (Å²) in [4.78, 5) is 17.5. The van der Waals surface area contributed by atoms with Gasteiger partial charge in [0.05, 0.1) is 5.52 Å². The lowest BCUT2D eigenvalue weighted by Gasteiger charge is -2.18. The summed E-state index contributed by atoms with van der Waals surface area (Å²) >= 11 is 0. The second-order valence-electron chi connectivity index (χ2n) is 6.97. The first-order chi connectivity index (χ1) is 13.6. The summed E-state index contributed by atoms with van der Waals surface area (Å²) in [5.41, 5.74) is 4.15. The largest absolute Gasteiger partial charge is 0.480 e. The standard InChI is InChI=1S/C24H26N2O2/c1-3-4-5-7-10-18-13-14-22-21(15-18)20(19-11-8-6-9-12-19)16-23(25-22)26(2)17-24(27)28/h6-16H,3-5,17H2,1-2H3,(H,27,28)/b10-7+. The average molecular weight is 374 g/mol. The third kappa shape index (κ3) is 4.77. The second-order valence-corrected chi connectivity index (χ2v) is 6.97. The number of hydrogen-bond donors (Lipinski definition) is 1. The van der Waals surface area contributed by atoms with Crippen LogP contribution < -0.4 is 4.90 Å². The van der Waals surface area contributed by atoms with Crippen LogP contribution in [0.25, 0.3) is 28.1 Å². The Morgan fingerprint density at radius 2 is 1.93 bits per heavy atom. The van der Waals surface area contributed by atoms with Gasteiger partial charge in [0, 0.05) is 12.4 Å². The van der Waals surface area contributed by atoms with Crippen LogP contribution in [-0.4, -0.2) is 29.7 Å². The van der Waals surface area contributed by atoms with Gasteiger partial charge in [0.2, 0.25) is 0 Å². The van der Waals surface area contributed by atoms with Crippen molar-refractivity contribution in [1.82, 2.24) is 4.98 Å². The molecule has 3 rings (SSSR count). The van der Waals surface area contributed by atoms with Crippen molar-refractivity contribution >= 4 is 28.8 Å². The van der Waals surface area contributed by atoms with Crippen molar-refractivity contribution in [3.63, 3.8) is 0 Å². The highest BCUT2D eigenvalue weighted by Crippen LogP contribution is 2.32. The highest BCUT2D eigenvalue weighted by Gasteiger charge is 2.13. The van der Waals surface area contributed by atoms with Crippen LogP contribution in [0.4, 0.5) is 5.82 Å². The van der Waals surface area contributed by atoms with E-state index in [2.05, 4.69) is 43.3 Å². The Labute approximate surface area is 166 Å². The molecule has 0 amide bonds. The fourth-order valence-corrected chi connectivity index (χ4v) is 3.21. The predicted molar refractivity (Wildman–Crippen MR) is 117 cm³/mol. The van der Waals surface area contributed by atoms with Crippen LogP contribution in [0.3, 0.4) is 0 Å². The minimum Gasteiger partial charge on any atom is -0.480 e. The first-order valence-electron chi connectivity index (χ1n) is 9.68. The molecule has 0 aliphatic heterocycles. The van der Waals surface area contributed by atoms with Gasteiger partial charge in [-0.2, -0.15) is 0 Å². The Kier molecular flexibility index (Phi) is 6.43. The first kappa shape index (κ1) is 19.6. The van der Waals surface area contributed by atoms with Gasteiger partial charge in [-0.3, -0.25) is 4.79 Å².